The SMILES string of the molecule is CC(C)(CCCO[P+](=O)OCCCC(C)(C)C1CCCC(=O)C1)C1CCCC(=O)C1. The van der Waals surface area contributed by atoms with E-state index in [4.69, 9.17) is 9.05 Å². The predicted molar refractivity (Wildman–Crippen MR) is 119 cm³/mol. The summed E-state index contributed by atoms with van der Waals surface area (Å²) in [7, 11) is -2.08. The Hall–Kier alpha value is -0.640. The molecule has 2 saturated carbocycles. The second-order valence-corrected chi connectivity index (χ2v) is 11.7. The summed E-state index contributed by atoms with van der Waals surface area (Å²) in [5, 5.41) is 0. The summed E-state index contributed by atoms with van der Waals surface area (Å²) in [5.41, 5.74) is 0.218. The van der Waals surface area contributed by atoms with Crippen molar-refractivity contribution in [2.75, 3.05) is 13.2 Å². The summed E-state index contributed by atoms with van der Waals surface area (Å²) >= 11 is 0. The van der Waals surface area contributed by atoms with Gasteiger partial charge in [0.25, 0.3) is 0 Å². The third-order valence-electron chi connectivity index (χ3n) is 7.50. The van der Waals surface area contributed by atoms with E-state index >= 15 is 0 Å². The molecule has 0 spiro atoms. The average Bonchev–Trinajstić information content (AvgIpc) is 2.69. The van der Waals surface area contributed by atoms with Crippen LogP contribution in [-0.4, -0.2) is 24.8 Å². The molecule has 0 aliphatic heterocycles. The van der Waals surface area contributed by atoms with Gasteiger partial charge >= 0.3 is 8.25 Å². The maximum Gasteiger partial charge on any atom is 0.697 e. The maximum atomic E-state index is 12.0. The highest BCUT2D eigenvalue weighted by atomic mass is 31.1. The normalized spacial score (nSPS) is 24.2. The number of hydrogen-bond acceptors (Lipinski definition) is 5. The van der Waals surface area contributed by atoms with Crippen LogP contribution in [0.15, 0.2) is 0 Å². The Morgan fingerprint density at radius 3 is 1.57 bits per heavy atom. The minimum atomic E-state index is -2.08. The lowest BCUT2D eigenvalue weighted by Gasteiger charge is -2.36. The van der Waals surface area contributed by atoms with Crippen LogP contribution in [0.1, 0.15) is 105 Å². The fourth-order valence-corrected chi connectivity index (χ4v) is 5.79. The molecular weight excluding hydrogens is 399 g/mol. The van der Waals surface area contributed by atoms with Crippen molar-refractivity contribution in [3.63, 3.8) is 0 Å². The van der Waals surface area contributed by atoms with Crippen LogP contribution in [0.4, 0.5) is 0 Å². The third kappa shape index (κ3) is 8.48. The van der Waals surface area contributed by atoms with E-state index in [-0.39, 0.29) is 10.8 Å². The monoisotopic (exact) mass is 441 g/mol. The van der Waals surface area contributed by atoms with Crippen LogP contribution in [-0.2, 0) is 23.2 Å². The maximum absolute atomic E-state index is 12.0. The number of hydrogen-bond donors (Lipinski definition) is 0. The van der Waals surface area contributed by atoms with Gasteiger partial charge in [-0.25, -0.2) is 0 Å². The Bertz CT molecular complexity index is 548. The molecule has 0 aromatic rings. The summed E-state index contributed by atoms with van der Waals surface area (Å²) in [6, 6.07) is 0. The number of ketones is 2. The summed E-state index contributed by atoms with van der Waals surface area (Å²) in [4.78, 5) is 23.5. The smallest absolute Gasteiger partial charge is 0.300 e. The quantitative estimate of drug-likeness (QED) is 0.246. The fraction of sp³-hybridized carbons (Fsp3) is 0.917. The molecule has 30 heavy (non-hydrogen) atoms. The second-order valence-electron chi connectivity index (χ2n) is 10.7. The van der Waals surface area contributed by atoms with Gasteiger partial charge in [0.2, 0.25) is 0 Å². The Kier molecular flexibility index (Phi) is 10.1. The lowest BCUT2D eigenvalue weighted by Crippen LogP contribution is -2.29. The van der Waals surface area contributed by atoms with Gasteiger partial charge in [0.15, 0.2) is 0 Å². The van der Waals surface area contributed by atoms with E-state index in [1.54, 1.807) is 0 Å². The van der Waals surface area contributed by atoms with Crippen LogP contribution in [0.2, 0.25) is 0 Å². The Labute approximate surface area is 184 Å². The number of rotatable bonds is 12. The van der Waals surface area contributed by atoms with Gasteiger partial charge in [0.05, 0.1) is 0 Å². The first-order chi connectivity index (χ1) is 14.1. The molecular formula is C24H42O5P+. The fourth-order valence-electron chi connectivity index (χ4n) is 5.16. The molecule has 172 valence electrons. The molecule has 6 heteroatoms. The van der Waals surface area contributed by atoms with Gasteiger partial charge in [-0.3, -0.25) is 9.59 Å². The van der Waals surface area contributed by atoms with Crippen molar-refractivity contribution in [2.24, 2.45) is 22.7 Å². The minimum Gasteiger partial charge on any atom is -0.300 e. The molecule has 0 amide bonds. The first-order valence-corrected chi connectivity index (χ1v) is 13.0. The molecule has 0 saturated heterocycles. The molecule has 2 fully saturated rings. The summed E-state index contributed by atoms with van der Waals surface area (Å²) in [6.45, 7) is 9.77. The van der Waals surface area contributed by atoms with Crippen molar-refractivity contribution in [2.45, 2.75) is 105 Å². The molecule has 0 radical (unpaired) electrons. The van der Waals surface area contributed by atoms with Crippen molar-refractivity contribution >= 4 is 19.8 Å². The molecule has 2 atom stereocenters. The highest BCUT2D eigenvalue weighted by Crippen LogP contribution is 2.42. The van der Waals surface area contributed by atoms with Gasteiger partial charge in [-0.15, -0.1) is 9.05 Å². The van der Waals surface area contributed by atoms with Crippen molar-refractivity contribution in [3.05, 3.63) is 0 Å². The molecule has 2 rings (SSSR count). The van der Waals surface area contributed by atoms with Crippen molar-refractivity contribution < 1.29 is 23.2 Å². The molecule has 0 aromatic heterocycles. The zero-order valence-corrected chi connectivity index (χ0v) is 20.4. The summed E-state index contributed by atoms with van der Waals surface area (Å²) < 4.78 is 22.8. The molecule has 2 aliphatic rings. The van der Waals surface area contributed by atoms with Crippen molar-refractivity contribution in [3.8, 4) is 0 Å². The average molecular weight is 442 g/mol. The first kappa shape index (κ1) is 25.6. The molecule has 2 aliphatic carbocycles. The third-order valence-corrected chi connectivity index (χ3v) is 8.29. The molecule has 0 heterocycles. The Morgan fingerprint density at radius 1 is 0.800 bits per heavy atom. The molecule has 5 nitrogen and oxygen atoms in total. The summed E-state index contributed by atoms with van der Waals surface area (Å²) in [5.74, 6) is 1.69. The van der Waals surface area contributed by atoms with Crippen LogP contribution in [0, 0.1) is 22.7 Å². The minimum absolute atomic E-state index is 0.109. The lowest BCUT2D eigenvalue weighted by atomic mass is 9.68. The zero-order valence-electron chi connectivity index (χ0n) is 19.5. The van der Waals surface area contributed by atoms with Crippen LogP contribution in [0.5, 0.6) is 0 Å². The largest absolute Gasteiger partial charge is 0.697 e. The van der Waals surface area contributed by atoms with E-state index in [1.165, 1.54) is 0 Å². The molecule has 0 N–H and O–H groups in total. The van der Waals surface area contributed by atoms with Gasteiger partial charge < -0.3 is 0 Å². The van der Waals surface area contributed by atoms with E-state index < -0.39 is 8.25 Å². The van der Waals surface area contributed by atoms with Gasteiger partial charge in [-0.05, 0) is 74.0 Å². The first-order valence-electron chi connectivity index (χ1n) is 11.9. The highest BCUT2D eigenvalue weighted by Gasteiger charge is 2.34. The standard InChI is InChI=1S/C24H42O5P/c1-23(2,19-9-5-11-21(25)17-19)13-7-15-28-30(27)29-16-8-14-24(3,4)20-10-6-12-22(26)18-20/h19-20H,5-18H2,1-4H3/q+1. The van der Waals surface area contributed by atoms with E-state index in [1.807, 2.05) is 0 Å². The van der Waals surface area contributed by atoms with Crippen LogP contribution in [0.25, 0.3) is 0 Å². The van der Waals surface area contributed by atoms with Gasteiger partial charge in [0.1, 0.15) is 24.8 Å². The zero-order chi connectivity index (χ0) is 22.2. The highest BCUT2D eigenvalue weighted by molar-refractivity contribution is 7.33. The number of carbonyl (C=O) groups is 2. The Balaban J connectivity index is 1.56. The van der Waals surface area contributed by atoms with E-state index in [0.29, 0.717) is 49.5 Å². The molecule has 0 bridgehead atoms. The number of Topliss-reactive ketones (excluding diaryl/α,β-unsaturated/α-hetero) is 2. The van der Waals surface area contributed by atoms with Gasteiger partial charge in [-0.2, -0.15) is 0 Å². The van der Waals surface area contributed by atoms with E-state index in [2.05, 4.69) is 27.7 Å². The van der Waals surface area contributed by atoms with Crippen molar-refractivity contribution in [1.82, 2.24) is 0 Å². The van der Waals surface area contributed by atoms with Crippen LogP contribution < -0.4 is 0 Å². The second kappa shape index (κ2) is 11.8. The summed E-state index contributed by atoms with van der Waals surface area (Å²) in [6.07, 6.45) is 10.7. The molecule has 2 unspecified atom stereocenters. The predicted octanol–water partition coefficient (Wildman–Crippen LogP) is 6.81. The van der Waals surface area contributed by atoms with Crippen LogP contribution in [0.3, 0.4) is 0 Å². The van der Waals surface area contributed by atoms with Crippen LogP contribution >= 0.6 is 8.25 Å². The van der Waals surface area contributed by atoms with Gasteiger partial charge in [0, 0.05) is 30.2 Å². The van der Waals surface area contributed by atoms with Gasteiger partial charge in [-0.1, -0.05) is 27.7 Å². The number of carbonyl (C=O) groups excluding carboxylic acids is 2. The Morgan fingerprint density at radius 2 is 1.20 bits per heavy atom. The van der Waals surface area contributed by atoms with E-state index in [0.717, 1.165) is 64.2 Å². The van der Waals surface area contributed by atoms with E-state index in [9.17, 15) is 14.2 Å². The topological polar surface area (TPSA) is 69.7 Å². The lowest BCUT2D eigenvalue weighted by molar-refractivity contribution is -0.123. The molecule has 0 aromatic carbocycles. The van der Waals surface area contributed by atoms with Crippen molar-refractivity contribution in [1.29, 1.82) is 0 Å².